The van der Waals surface area contributed by atoms with Crippen LogP contribution in [0.1, 0.15) is 23.9 Å². The number of hydrogen-bond acceptors (Lipinski definition) is 8. The molecule has 1 atom stereocenters. The number of aromatic nitrogens is 2. The topological polar surface area (TPSA) is 103 Å². The molecule has 2 aromatic carbocycles. The summed E-state index contributed by atoms with van der Waals surface area (Å²) in [5.74, 6) is 1.29. The van der Waals surface area contributed by atoms with Gasteiger partial charge < -0.3 is 24.4 Å². The van der Waals surface area contributed by atoms with Gasteiger partial charge in [0.15, 0.2) is 5.16 Å². The molecule has 9 nitrogen and oxygen atoms in total. The van der Waals surface area contributed by atoms with Crippen LogP contribution in [0, 0.1) is 13.8 Å². The quantitative estimate of drug-likeness (QED) is 0.293. The van der Waals surface area contributed by atoms with Gasteiger partial charge in [-0.15, -0.1) is 0 Å². The van der Waals surface area contributed by atoms with E-state index in [1.165, 1.54) is 18.9 Å². The third-order valence-electron chi connectivity index (χ3n) is 5.63. The molecular weight excluding hydrogens is 492 g/mol. The smallest absolute Gasteiger partial charge is 0.247 e. The van der Waals surface area contributed by atoms with E-state index in [9.17, 15) is 9.59 Å². The maximum absolute atomic E-state index is 13.4. The number of anilines is 1. The Labute approximate surface area is 221 Å². The van der Waals surface area contributed by atoms with Crippen LogP contribution in [0.4, 0.5) is 5.69 Å². The van der Waals surface area contributed by atoms with Gasteiger partial charge in [-0.05, 0) is 56.7 Å². The number of ether oxygens (including phenoxy) is 3. The number of amides is 2. The van der Waals surface area contributed by atoms with E-state index in [-0.39, 0.29) is 24.1 Å². The predicted octanol–water partition coefficient (Wildman–Crippen LogP) is 4.27. The number of carbonyl (C=O) groups is 2. The Balaban J connectivity index is 1.81. The van der Waals surface area contributed by atoms with Gasteiger partial charge in [0.25, 0.3) is 0 Å². The molecule has 0 aliphatic rings. The Kier molecular flexibility index (Phi) is 9.73. The second-order valence-electron chi connectivity index (χ2n) is 8.32. The largest absolute Gasteiger partial charge is 0.497 e. The number of rotatable bonds is 11. The van der Waals surface area contributed by atoms with Crippen LogP contribution in [0.5, 0.6) is 17.2 Å². The molecule has 3 aromatic rings. The molecule has 0 bridgehead atoms. The second kappa shape index (κ2) is 13.0. The summed E-state index contributed by atoms with van der Waals surface area (Å²) in [7, 11) is 4.66. The molecule has 0 radical (unpaired) electrons. The molecular formula is C27H32N4O5S. The zero-order chi connectivity index (χ0) is 26.9. The zero-order valence-corrected chi connectivity index (χ0v) is 22.7. The second-order valence-corrected chi connectivity index (χ2v) is 9.27. The molecule has 196 valence electrons. The average Bonchev–Trinajstić information content (AvgIpc) is 2.90. The predicted molar refractivity (Wildman–Crippen MR) is 143 cm³/mol. The first-order chi connectivity index (χ1) is 17.7. The van der Waals surface area contributed by atoms with Crippen molar-refractivity contribution >= 4 is 29.3 Å². The van der Waals surface area contributed by atoms with E-state index < -0.39 is 6.04 Å². The summed E-state index contributed by atoms with van der Waals surface area (Å²) in [5.41, 5.74) is 3.01. The summed E-state index contributed by atoms with van der Waals surface area (Å²) in [6, 6.07) is 13.6. The van der Waals surface area contributed by atoms with Gasteiger partial charge in [-0.3, -0.25) is 9.59 Å². The van der Waals surface area contributed by atoms with Gasteiger partial charge in [0.2, 0.25) is 11.8 Å². The van der Waals surface area contributed by atoms with Crippen LogP contribution in [-0.4, -0.2) is 59.8 Å². The van der Waals surface area contributed by atoms with Gasteiger partial charge in [0.05, 0.1) is 32.8 Å². The minimum absolute atomic E-state index is 0.0858. The van der Waals surface area contributed by atoms with Crippen LogP contribution in [0.15, 0.2) is 53.7 Å². The van der Waals surface area contributed by atoms with Crippen LogP contribution < -0.4 is 19.5 Å². The zero-order valence-electron chi connectivity index (χ0n) is 21.9. The van der Waals surface area contributed by atoms with Gasteiger partial charge in [-0.25, -0.2) is 9.97 Å². The molecule has 3 rings (SSSR count). The van der Waals surface area contributed by atoms with Crippen LogP contribution in [0.25, 0.3) is 0 Å². The summed E-state index contributed by atoms with van der Waals surface area (Å²) in [6.07, 6.45) is 0. The standard InChI is InChI=1S/C27H32N4O5S/c1-17-13-18(2)29-27(28-17)37-16-25(32)31(15-20-7-9-21(34-4)10-8-20)19(3)26(33)30-23-12-11-22(35-5)14-24(23)36-6/h7-14,19H,15-16H2,1-6H3,(H,30,33). The van der Waals surface area contributed by atoms with Crippen molar-refractivity contribution in [2.24, 2.45) is 0 Å². The van der Waals surface area contributed by atoms with Gasteiger partial charge in [-0.1, -0.05) is 23.9 Å². The van der Waals surface area contributed by atoms with E-state index in [0.29, 0.717) is 28.1 Å². The van der Waals surface area contributed by atoms with Gasteiger partial charge in [0.1, 0.15) is 23.3 Å². The summed E-state index contributed by atoms with van der Waals surface area (Å²) < 4.78 is 15.9. The van der Waals surface area contributed by atoms with Crippen molar-refractivity contribution in [3.63, 3.8) is 0 Å². The minimum atomic E-state index is -0.776. The third-order valence-corrected chi connectivity index (χ3v) is 6.46. The fourth-order valence-electron chi connectivity index (χ4n) is 3.62. The van der Waals surface area contributed by atoms with Crippen molar-refractivity contribution in [1.29, 1.82) is 0 Å². The molecule has 0 saturated heterocycles. The lowest BCUT2D eigenvalue weighted by atomic mass is 10.1. The van der Waals surface area contributed by atoms with Crippen molar-refractivity contribution in [3.8, 4) is 17.2 Å². The third kappa shape index (κ3) is 7.60. The van der Waals surface area contributed by atoms with Crippen LogP contribution >= 0.6 is 11.8 Å². The molecule has 0 aliphatic heterocycles. The molecule has 0 saturated carbocycles. The number of aryl methyl sites for hydroxylation is 2. The Morgan fingerprint density at radius 1 is 0.919 bits per heavy atom. The molecule has 0 spiro atoms. The lowest BCUT2D eigenvalue weighted by Gasteiger charge is -2.29. The Morgan fingerprint density at radius 3 is 2.14 bits per heavy atom. The fourth-order valence-corrected chi connectivity index (χ4v) is 4.45. The van der Waals surface area contributed by atoms with E-state index in [2.05, 4.69) is 15.3 Å². The highest BCUT2D eigenvalue weighted by Gasteiger charge is 2.27. The summed E-state index contributed by atoms with van der Waals surface area (Å²) >= 11 is 1.25. The highest BCUT2D eigenvalue weighted by molar-refractivity contribution is 7.99. The monoisotopic (exact) mass is 524 g/mol. The number of carbonyl (C=O) groups excluding carboxylic acids is 2. The molecule has 10 heteroatoms. The number of nitrogens with one attached hydrogen (secondary N) is 1. The number of thioether (sulfide) groups is 1. The van der Waals surface area contributed by atoms with Gasteiger partial charge >= 0.3 is 0 Å². The molecule has 1 heterocycles. The van der Waals surface area contributed by atoms with Crippen molar-refractivity contribution in [1.82, 2.24) is 14.9 Å². The Bertz CT molecular complexity index is 1220. The number of nitrogens with zero attached hydrogens (tertiary/aromatic N) is 3. The van der Waals surface area contributed by atoms with Crippen molar-refractivity contribution in [2.75, 3.05) is 32.4 Å². The summed E-state index contributed by atoms with van der Waals surface area (Å²) in [6.45, 7) is 5.71. The van der Waals surface area contributed by atoms with Crippen molar-refractivity contribution < 1.29 is 23.8 Å². The van der Waals surface area contributed by atoms with E-state index in [1.54, 1.807) is 44.2 Å². The van der Waals surface area contributed by atoms with E-state index >= 15 is 0 Å². The van der Waals surface area contributed by atoms with Crippen molar-refractivity contribution in [2.45, 2.75) is 38.5 Å². The highest BCUT2D eigenvalue weighted by Crippen LogP contribution is 2.29. The average molecular weight is 525 g/mol. The van der Waals surface area contributed by atoms with E-state index in [0.717, 1.165) is 17.0 Å². The summed E-state index contributed by atoms with van der Waals surface area (Å²) in [4.78, 5) is 37.1. The molecule has 1 aromatic heterocycles. The van der Waals surface area contributed by atoms with E-state index in [1.807, 2.05) is 44.2 Å². The maximum atomic E-state index is 13.4. The summed E-state index contributed by atoms with van der Waals surface area (Å²) in [5, 5.41) is 3.40. The molecule has 1 unspecified atom stereocenters. The molecule has 1 N–H and O–H groups in total. The van der Waals surface area contributed by atoms with Gasteiger partial charge in [-0.2, -0.15) is 0 Å². The Morgan fingerprint density at radius 2 is 1.54 bits per heavy atom. The lowest BCUT2D eigenvalue weighted by molar-refractivity contribution is -0.136. The lowest BCUT2D eigenvalue weighted by Crippen LogP contribution is -2.46. The van der Waals surface area contributed by atoms with Crippen LogP contribution in [-0.2, 0) is 16.1 Å². The normalized spacial score (nSPS) is 11.4. The van der Waals surface area contributed by atoms with Crippen LogP contribution in [0.3, 0.4) is 0 Å². The first-order valence-electron chi connectivity index (χ1n) is 11.6. The number of benzene rings is 2. The molecule has 0 fully saturated rings. The SMILES string of the molecule is COc1ccc(CN(C(=O)CSc2nc(C)cc(C)n2)C(C)C(=O)Nc2ccc(OC)cc2OC)cc1. The Hall–Kier alpha value is -3.79. The molecule has 2 amide bonds. The first kappa shape index (κ1) is 27.8. The van der Waals surface area contributed by atoms with E-state index in [4.69, 9.17) is 14.2 Å². The maximum Gasteiger partial charge on any atom is 0.247 e. The first-order valence-corrected chi connectivity index (χ1v) is 12.6. The van der Waals surface area contributed by atoms with Crippen molar-refractivity contribution in [3.05, 3.63) is 65.5 Å². The minimum Gasteiger partial charge on any atom is -0.497 e. The molecule has 37 heavy (non-hydrogen) atoms. The van der Waals surface area contributed by atoms with Gasteiger partial charge in [0, 0.05) is 24.0 Å². The molecule has 0 aliphatic carbocycles. The number of hydrogen-bond donors (Lipinski definition) is 1. The highest BCUT2D eigenvalue weighted by atomic mass is 32.2. The fraction of sp³-hybridized carbons (Fsp3) is 0.333. The number of methoxy groups -OCH3 is 3. The van der Waals surface area contributed by atoms with Crippen LogP contribution in [0.2, 0.25) is 0 Å².